The standard InChI is InChI=1S/C26H28N6OS/c1-18-5-9-21(10-6-18)32-16-23-24(30-32)28-17-29-25(23)31-13-3-4-20(15-31)26(33)27-14-19-7-11-22(34-2)12-8-19/h5-12,16-17,20H,3-4,13-15H2,1-2H3,(H,27,33)/t20-/m1/s1. The Hall–Kier alpha value is -3.39. The van der Waals surface area contributed by atoms with Crippen LogP contribution in [0.15, 0.2) is 66.0 Å². The lowest BCUT2D eigenvalue weighted by Gasteiger charge is -2.33. The number of aromatic nitrogens is 4. The van der Waals surface area contributed by atoms with Gasteiger partial charge in [0.1, 0.15) is 12.1 Å². The molecule has 1 aliphatic heterocycles. The smallest absolute Gasteiger partial charge is 0.225 e. The minimum absolute atomic E-state index is 0.0728. The van der Waals surface area contributed by atoms with Gasteiger partial charge in [-0.1, -0.05) is 29.8 Å². The van der Waals surface area contributed by atoms with Crippen LogP contribution in [0, 0.1) is 12.8 Å². The average Bonchev–Trinajstić information content (AvgIpc) is 3.32. The van der Waals surface area contributed by atoms with Gasteiger partial charge >= 0.3 is 0 Å². The summed E-state index contributed by atoms with van der Waals surface area (Å²) in [5, 5.41) is 8.68. The molecule has 34 heavy (non-hydrogen) atoms. The van der Waals surface area contributed by atoms with Crippen LogP contribution >= 0.6 is 11.8 Å². The Balaban J connectivity index is 1.30. The van der Waals surface area contributed by atoms with E-state index in [4.69, 9.17) is 0 Å². The molecule has 0 aliphatic carbocycles. The number of benzene rings is 2. The van der Waals surface area contributed by atoms with Crippen molar-refractivity contribution in [2.75, 3.05) is 24.2 Å². The first-order valence-corrected chi connectivity index (χ1v) is 12.8. The molecule has 1 atom stereocenters. The van der Waals surface area contributed by atoms with Crippen LogP contribution < -0.4 is 10.2 Å². The maximum Gasteiger partial charge on any atom is 0.225 e. The van der Waals surface area contributed by atoms with Gasteiger partial charge in [-0.25, -0.2) is 14.6 Å². The fourth-order valence-electron chi connectivity index (χ4n) is 4.37. The molecule has 3 heterocycles. The molecule has 7 nitrogen and oxygen atoms in total. The number of nitrogens with zero attached hydrogens (tertiary/aromatic N) is 5. The zero-order valence-corrected chi connectivity index (χ0v) is 20.3. The molecule has 1 amide bonds. The first-order chi connectivity index (χ1) is 16.6. The summed E-state index contributed by atoms with van der Waals surface area (Å²) in [5.74, 6) is 0.865. The van der Waals surface area contributed by atoms with E-state index in [2.05, 4.69) is 74.9 Å². The molecule has 1 saturated heterocycles. The summed E-state index contributed by atoms with van der Waals surface area (Å²) in [4.78, 5) is 25.3. The van der Waals surface area contributed by atoms with Crippen LogP contribution in [0.5, 0.6) is 0 Å². The fourth-order valence-corrected chi connectivity index (χ4v) is 4.78. The zero-order chi connectivity index (χ0) is 23.5. The molecule has 8 heteroatoms. The quantitative estimate of drug-likeness (QED) is 0.420. The first-order valence-electron chi connectivity index (χ1n) is 11.5. The van der Waals surface area contributed by atoms with Crippen molar-refractivity contribution in [2.24, 2.45) is 5.92 Å². The van der Waals surface area contributed by atoms with Crippen LogP contribution in [0.4, 0.5) is 5.82 Å². The minimum Gasteiger partial charge on any atom is -0.355 e. The average molecular weight is 473 g/mol. The number of carbonyl (C=O) groups is 1. The molecule has 4 aromatic rings. The van der Waals surface area contributed by atoms with Crippen LogP contribution in [0.1, 0.15) is 24.0 Å². The molecular formula is C26H28N6OS. The lowest BCUT2D eigenvalue weighted by Crippen LogP contribution is -2.43. The van der Waals surface area contributed by atoms with E-state index < -0.39 is 0 Å². The van der Waals surface area contributed by atoms with Gasteiger partial charge in [0.05, 0.1) is 17.0 Å². The summed E-state index contributed by atoms with van der Waals surface area (Å²) in [7, 11) is 0. The van der Waals surface area contributed by atoms with Gasteiger partial charge < -0.3 is 10.2 Å². The van der Waals surface area contributed by atoms with Gasteiger partial charge in [0.15, 0.2) is 5.65 Å². The number of nitrogens with one attached hydrogen (secondary N) is 1. The van der Waals surface area contributed by atoms with E-state index in [-0.39, 0.29) is 11.8 Å². The largest absolute Gasteiger partial charge is 0.355 e. The Morgan fingerprint density at radius 2 is 1.91 bits per heavy atom. The summed E-state index contributed by atoms with van der Waals surface area (Å²) in [6, 6.07) is 16.6. The van der Waals surface area contributed by atoms with E-state index in [0.717, 1.165) is 41.8 Å². The van der Waals surface area contributed by atoms with Gasteiger partial charge in [0, 0.05) is 30.7 Å². The van der Waals surface area contributed by atoms with Gasteiger partial charge in [0.25, 0.3) is 0 Å². The summed E-state index contributed by atoms with van der Waals surface area (Å²) in [6.07, 6.45) is 7.43. The normalized spacial score (nSPS) is 16.1. The molecular weight excluding hydrogens is 444 g/mol. The molecule has 2 aromatic carbocycles. The molecule has 0 spiro atoms. The van der Waals surface area contributed by atoms with Crippen molar-refractivity contribution >= 4 is 34.5 Å². The van der Waals surface area contributed by atoms with E-state index in [1.165, 1.54) is 10.5 Å². The molecule has 1 N–H and O–H groups in total. The lowest BCUT2D eigenvalue weighted by atomic mass is 9.97. The SMILES string of the molecule is CSc1ccc(CNC(=O)[C@@H]2CCCN(c3ncnc4nn(-c5ccc(C)cc5)cc34)C2)cc1. The van der Waals surface area contributed by atoms with Crippen molar-refractivity contribution in [3.63, 3.8) is 0 Å². The molecule has 5 rings (SSSR count). The van der Waals surface area contributed by atoms with Crippen molar-refractivity contribution in [1.82, 2.24) is 25.1 Å². The Morgan fingerprint density at radius 3 is 2.68 bits per heavy atom. The van der Waals surface area contributed by atoms with Crippen molar-refractivity contribution < 1.29 is 4.79 Å². The Morgan fingerprint density at radius 1 is 1.12 bits per heavy atom. The molecule has 1 fully saturated rings. The number of rotatable bonds is 6. The third kappa shape index (κ3) is 4.77. The van der Waals surface area contributed by atoms with E-state index in [1.54, 1.807) is 18.1 Å². The number of thioether (sulfide) groups is 1. The number of hydrogen-bond donors (Lipinski definition) is 1. The van der Waals surface area contributed by atoms with E-state index in [0.29, 0.717) is 18.7 Å². The van der Waals surface area contributed by atoms with Crippen LogP contribution in [0.25, 0.3) is 16.7 Å². The van der Waals surface area contributed by atoms with E-state index >= 15 is 0 Å². The van der Waals surface area contributed by atoms with E-state index in [9.17, 15) is 4.79 Å². The van der Waals surface area contributed by atoms with Gasteiger partial charge in [0.2, 0.25) is 5.91 Å². The number of aryl methyl sites for hydroxylation is 1. The highest BCUT2D eigenvalue weighted by molar-refractivity contribution is 7.98. The number of fused-ring (bicyclic) bond motifs is 1. The second-order valence-electron chi connectivity index (χ2n) is 8.69. The zero-order valence-electron chi connectivity index (χ0n) is 19.4. The van der Waals surface area contributed by atoms with Crippen molar-refractivity contribution in [3.05, 3.63) is 72.2 Å². The number of amides is 1. The number of carbonyl (C=O) groups excluding carboxylic acids is 1. The molecule has 1 aliphatic rings. The number of piperidine rings is 1. The summed E-state index contributed by atoms with van der Waals surface area (Å²) >= 11 is 1.71. The highest BCUT2D eigenvalue weighted by atomic mass is 32.2. The molecule has 2 aromatic heterocycles. The third-order valence-corrected chi connectivity index (χ3v) is 7.06. The second-order valence-corrected chi connectivity index (χ2v) is 9.57. The lowest BCUT2D eigenvalue weighted by molar-refractivity contribution is -0.125. The summed E-state index contributed by atoms with van der Waals surface area (Å²) in [5.41, 5.74) is 3.96. The van der Waals surface area contributed by atoms with Crippen LogP contribution in [-0.2, 0) is 11.3 Å². The molecule has 0 saturated carbocycles. The monoisotopic (exact) mass is 472 g/mol. The first kappa shape index (κ1) is 22.4. The minimum atomic E-state index is -0.0728. The topological polar surface area (TPSA) is 75.9 Å². The van der Waals surface area contributed by atoms with Crippen molar-refractivity contribution in [2.45, 2.75) is 31.2 Å². The van der Waals surface area contributed by atoms with Crippen LogP contribution in [0.2, 0.25) is 0 Å². The van der Waals surface area contributed by atoms with Crippen LogP contribution in [-0.4, -0.2) is 45.0 Å². The molecule has 0 unspecified atom stereocenters. The second kappa shape index (κ2) is 9.85. The Bertz CT molecular complexity index is 1290. The Labute approximate surface area is 203 Å². The predicted octanol–water partition coefficient (Wildman–Crippen LogP) is 4.38. The predicted molar refractivity (Wildman–Crippen MR) is 136 cm³/mol. The highest BCUT2D eigenvalue weighted by Crippen LogP contribution is 2.28. The van der Waals surface area contributed by atoms with Crippen molar-refractivity contribution in [1.29, 1.82) is 0 Å². The number of anilines is 1. The maximum absolute atomic E-state index is 13.0. The van der Waals surface area contributed by atoms with Gasteiger partial charge in [-0.3, -0.25) is 4.79 Å². The van der Waals surface area contributed by atoms with E-state index in [1.807, 2.05) is 23.0 Å². The van der Waals surface area contributed by atoms with Gasteiger partial charge in [-0.2, -0.15) is 0 Å². The fraction of sp³-hybridized carbons (Fsp3) is 0.308. The summed E-state index contributed by atoms with van der Waals surface area (Å²) < 4.78 is 1.85. The molecule has 0 bridgehead atoms. The molecule has 0 radical (unpaired) electrons. The molecule has 174 valence electrons. The van der Waals surface area contributed by atoms with Crippen molar-refractivity contribution in [3.8, 4) is 5.69 Å². The Kier molecular flexibility index (Phi) is 6.49. The van der Waals surface area contributed by atoms with Gasteiger partial charge in [-0.15, -0.1) is 16.9 Å². The van der Waals surface area contributed by atoms with Gasteiger partial charge in [-0.05, 0) is 55.9 Å². The third-order valence-electron chi connectivity index (χ3n) is 6.31. The highest BCUT2D eigenvalue weighted by Gasteiger charge is 2.28. The van der Waals surface area contributed by atoms with Crippen LogP contribution in [0.3, 0.4) is 0 Å². The number of hydrogen-bond acceptors (Lipinski definition) is 6. The maximum atomic E-state index is 13.0. The summed E-state index contributed by atoms with van der Waals surface area (Å²) in [6.45, 7) is 4.11.